The van der Waals surface area contributed by atoms with E-state index in [1.165, 1.54) is 74.1 Å². The highest BCUT2D eigenvalue weighted by Gasteiger charge is 2.52. The maximum absolute atomic E-state index is 12.4. The van der Waals surface area contributed by atoms with E-state index in [1.54, 1.807) is 0 Å². The molecule has 17 nitrogen and oxygen atoms in total. The number of aromatic nitrogens is 7. The number of carbonyl (C=O) groups excluding carboxylic acids is 3. The van der Waals surface area contributed by atoms with Gasteiger partial charge in [-0.15, -0.1) is 0 Å². The number of fused-ring (bicyclic) bond motifs is 2. The lowest BCUT2D eigenvalue weighted by atomic mass is 9.72. The Kier molecular flexibility index (Phi) is 12.8. The molecule has 1 atom stereocenters. The summed E-state index contributed by atoms with van der Waals surface area (Å²) >= 11 is 0. The number of rotatable bonds is 15. The van der Waals surface area contributed by atoms with Gasteiger partial charge in [-0.1, -0.05) is 30.5 Å². The Bertz CT molecular complexity index is 2580. The van der Waals surface area contributed by atoms with Gasteiger partial charge in [0.2, 0.25) is 11.8 Å². The van der Waals surface area contributed by atoms with Crippen molar-refractivity contribution >= 4 is 46.3 Å². The first-order chi connectivity index (χ1) is 32.6. The highest BCUT2D eigenvalue weighted by molar-refractivity contribution is 6.02. The van der Waals surface area contributed by atoms with Crippen LogP contribution < -0.4 is 20.9 Å². The molecule has 5 fully saturated rings. The van der Waals surface area contributed by atoms with Gasteiger partial charge in [-0.25, -0.2) is 24.6 Å². The van der Waals surface area contributed by atoms with Crippen LogP contribution in [0.5, 0.6) is 0 Å². The third-order valence-electron chi connectivity index (χ3n) is 14.9. The molecule has 1 unspecified atom stereocenters. The molecule has 0 radical (unpaired) electrons. The van der Waals surface area contributed by atoms with Crippen LogP contribution in [-0.2, 0) is 20.8 Å². The third-order valence-corrected chi connectivity index (χ3v) is 14.9. The zero-order valence-corrected chi connectivity index (χ0v) is 39.3. The van der Waals surface area contributed by atoms with E-state index in [4.69, 9.17) is 25.3 Å². The predicted molar refractivity (Wildman–Crippen MR) is 257 cm³/mol. The summed E-state index contributed by atoms with van der Waals surface area (Å²) in [4.78, 5) is 62.3. The van der Waals surface area contributed by atoms with Gasteiger partial charge < -0.3 is 34.7 Å². The van der Waals surface area contributed by atoms with E-state index in [2.05, 4.69) is 79.1 Å². The number of aldehydes is 1. The third kappa shape index (κ3) is 9.16. The van der Waals surface area contributed by atoms with Crippen LogP contribution in [0.25, 0.3) is 33.8 Å². The standard InChI is InChI=1S/C26H36N4O3.C24H29N9O/c31-15-6-4-2-1-3-5-13-28-16-26(17-28)18-29(19-26)21-8-7-9-22-20(21)12-14-30(22)23-10-11-24(32)27-25(23)33;1-13(2)33-24-18(22(25)28-12-29-24)19(30-33)20-17(21(34-31-20)15-4-5-15)23-26-10-16(11-27-23)14-6-8-32(3)9-7-14/h7-9,15,23H,1-6,10-14,16-19H2,(H,27,32,33);10-15H,4-9H2,1-3H3,(H2,25,28,29). The number of nitrogens with two attached hydrogens (primary N) is 1. The molecule has 354 valence electrons. The van der Waals surface area contributed by atoms with Gasteiger partial charge in [0, 0.05) is 92.3 Å². The van der Waals surface area contributed by atoms with Crippen LogP contribution in [0.4, 0.5) is 17.2 Å². The van der Waals surface area contributed by atoms with Crippen molar-refractivity contribution in [3.05, 3.63) is 53.8 Å². The SMILES string of the molecule is CC(C)n1nc(-c2noc(C3CC3)c2-c2ncc(C3CCN(C)CC3)cn2)c2c(N)ncnc21.O=CCCCCCCCN1CC2(C1)CN(c1cccc3c1CCN3C1CCC(=O)NC1=O)C2. The number of carbonyl (C=O) groups is 3. The molecule has 3 N–H and O–H groups in total. The molecule has 4 saturated heterocycles. The Hall–Kier alpha value is -5.81. The van der Waals surface area contributed by atoms with E-state index < -0.39 is 0 Å². The van der Waals surface area contributed by atoms with Crippen LogP contribution >= 0.6 is 0 Å². The number of nitrogens with one attached hydrogen (secondary N) is 1. The predicted octanol–water partition coefficient (Wildman–Crippen LogP) is 6.30. The molecule has 1 saturated carbocycles. The summed E-state index contributed by atoms with van der Waals surface area (Å²) in [5.41, 5.74) is 14.5. The van der Waals surface area contributed by atoms with Crippen molar-refractivity contribution in [1.29, 1.82) is 0 Å². The van der Waals surface area contributed by atoms with Gasteiger partial charge in [0.1, 0.15) is 35.9 Å². The number of nitrogens with zero attached hydrogens (tertiary/aromatic N) is 11. The average molecular weight is 912 g/mol. The quantitative estimate of drug-likeness (QED) is 0.0674. The van der Waals surface area contributed by atoms with Crippen molar-refractivity contribution < 1.29 is 18.9 Å². The molecule has 0 bridgehead atoms. The fourth-order valence-corrected chi connectivity index (χ4v) is 11.2. The summed E-state index contributed by atoms with van der Waals surface area (Å²) in [5, 5.41) is 12.5. The normalized spacial score (nSPS) is 20.7. The molecule has 5 aromatic rings. The topological polar surface area (TPSA) is 198 Å². The lowest BCUT2D eigenvalue weighted by Gasteiger charge is -2.61. The van der Waals surface area contributed by atoms with Gasteiger partial charge in [-0.05, 0) is 116 Å². The number of hydrogen-bond acceptors (Lipinski definition) is 15. The lowest BCUT2D eigenvalue weighted by Crippen LogP contribution is -2.72. The van der Waals surface area contributed by atoms with Crippen LogP contribution in [-0.4, -0.2) is 128 Å². The van der Waals surface area contributed by atoms with Crippen molar-refractivity contribution in [1.82, 2.24) is 50.0 Å². The molecule has 1 aliphatic carbocycles. The van der Waals surface area contributed by atoms with Crippen molar-refractivity contribution in [2.45, 2.75) is 121 Å². The second-order valence-corrected chi connectivity index (χ2v) is 20.3. The van der Waals surface area contributed by atoms with E-state index in [-0.39, 0.29) is 23.9 Å². The first-order valence-corrected chi connectivity index (χ1v) is 24.7. The molecule has 4 aromatic heterocycles. The molecule has 67 heavy (non-hydrogen) atoms. The fourth-order valence-electron chi connectivity index (χ4n) is 11.2. The summed E-state index contributed by atoms with van der Waals surface area (Å²) in [6, 6.07) is 6.35. The van der Waals surface area contributed by atoms with Crippen molar-refractivity contribution in [2.24, 2.45) is 5.41 Å². The number of amides is 2. The minimum Gasteiger partial charge on any atom is -0.383 e. The number of imide groups is 1. The Morgan fingerprint density at radius 3 is 2.34 bits per heavy atom. The van der Waals surface area contributed by atoms with Crippen LogP contribution in [0.15, 0.2) is 41.4 Å². The summed E-state index contributed by atoms with van der Waals surface area (Å²) in [6.45, 7) is 13.0. The second-order valence-electron chi connectivity index (χ2n) is 20.3. The molecule has 11 rings (SSSR count). The molecule has 5 aliphatic heterocycles. The van der Waals surface area contributed by atoms with Crippen LogP contribution in [0.3, 0.4) is 0 Å². The summed E-state index contributed by atoms with van der Waals surface area (Å²) in [5.74, 6) is 2.33. The molecule has 6 aliphatic rings. The Morgan fingerprint density at radius 2 is 1.61 bits per heavy atom. The zero-order valence-electron chi connectivity index (χ0n) is 39.3. The fraction of sp³-hybridized carbons (Fsp3) is 0.580. The minimum absolute atomic E-state index is 0.0916. The molecule has 9 heterocycles. The number of unbranched alkanes of at least 4 members (excludes halogenated alkanes) is 5. The Morgan fingerprint density at radius 1 is 0.866 bits per heavy atom. The Labute approximate surface area is 392 Å². The molecule has 2 amide bonds. The Balaban J connectivity index is 0.000000157. The number of likely N-dealkylation sites (tertiary alicyclic amines) is 2. The van der Waals surface area contributed by atoms with E-state index in [0.717, 1.165) is 88.9 Å². The van der Waals surface area contributed by atoms with Crippen LogP contribution in [0.2, 0.25) is 0 Å². The molecular formula is C50H65N13O4. The van der Waals surface area contributed by atoms with Gasteiger partial charge in [0.05, 0.1) is 10.9 Å². The molecule has 17 heteroatoms. The number of nitrogen functional groups attached to an aromatic ring is 1. The van der Waals surface area contributed by atoms with E-state index >= 15 is 0 Å². The van der Waals surface area contributed by atoms with Crippen molar-refractivity contribution in [3.8, 4) is 22.8 Å². The highest BCUT2D eigenvalue weighted by Crippen LogP contribution is 2.49. The summed E-state index contributed by atoms with van der Waals surface area (Å²) < 4.78 is 7.73. The van der Waals surface area contributed by atoms with Gasteiger partial charge in [0.15, 0.2) is 17.2 Å². The van der Waals surface area contributed by atoms with Crippen LogP contribution in [0.1, 0.15) is 126 Å². The first-order valence-electron chi connectivity index (χ1n) is 24.7. The van der Waals surface area contributed by atoms with Gasteiger partial charge >= 0.3 is 0 Å². The first kappa shape index (κ1) is 45.0. The molecule has 1 aromatic carbocycles. The largest absolute Gasteiger partial charge is 0.383 e. The summed E-state index contributed by atoms with van der Waals surface area (Å²) in [7, 11) is 2.17. The number of anilines is 3. The summed E-state index contributed by atoms with van der Waals surface area (Å²) in [6.07, 6.45) is 19.5. The smallest absolute Gasteiger partial charge is 0.249 e. The van der Waals surface area contributed by atoms with Gasteiger partial charge in [-0.2, -0.15) is 5.10 Å². The molecular weight excluding hydrogens is 847 g/mol. The lowest BCUT2D eigenvalue weighted by molar-refractivity contribution is -0.134. The number of piperidine rings is 2. The second kappa shape index (κ2) is 19.1. The average Bonchev–Trinajstić information content (AvgIpc) is 3.70. The van der Waals surface area contributed by atoms with Crippen molar-refractivity contribution in [2.75, 3.05) is 74.9 Å². The monoisotopic (exact) mass is 912 g/mol. The van der Waals surface area contributed by atoms with E-state index in [0.29, 0.717) is 70.6 Å². The minimum atomic E-state index is -0.229. The van der Waals surface area contributed by atoms with E-state index in [1.807, 2.05) is 17.1 Å². The van der Waals surface area contributed by atoms with Gasteiger partial charge in [0.25, 0.3) is 0 Å². The molecule has 1 spiro atoms. The van der Waals surface area contributed by atoms with E-state index in [9.17, 15) is 14.4 Å². The number of hydrogen-bond donors (Lipinski definition) is 2. The highest BCUT2D eigenvalue weighted by atomic mass is 16.5. The zero-order chi connectivity index (χ0) is 46.2. The number of benzene rings is 1. The van der Waals surface area contributed by atoms with Crippen molar-refractivity contribution in [3.63, 3.8) is 0 Å². The maximum Gasteiger partial charge on any atom is 0.249 e. The van der Waals surface area contributed by atoms with Gasteiger partial charge in [-0.3, -0.25) is 14.9 Å². The van der Waals surface area contributed by atoms with Crippen LogP contribution in [0, 0.1) is 5.41 Å². The maximum atomic E-state index is 12.4.